The molecule has 0 saturated heterocycles. The molecule has 0 aromatic rings. The Kier molecular flexibility index (Phi) is 3.81. The average Bonchev–Trinajstić information content (AvgIpc) is 2.26. The van der Waals surface area contributed by atoms with Gasteiger partial charge in [0.1, 0.15) is 6.61 Å². The van der Waals surface area contributed by atoms with Gasteiger partial charge in [0.15, 0.2) is 0 Å². The predicted molar refractivity (Wildman–Crippen MR) is 77.8 cm³/mol. The Morgan fingerprint density at radius 2 is 2.00 bits per heavy atom. The van der Waals surface area contributed by atoms with Gasteiger partial charge in [-0.05, 0) is 54.9 Å². The highest BCUT2D eigenvalue weighted by atomic mass is 16.5. The van der Waals surface area contributed by atoms with Crippen LogP contribution in [0.2, 0.25) is 0 Å². The van der Waals surface area contributed by atoms with Crippen LogP contribution in [0.4, 0.5) is 0 Å². The summed E-state index contributed by atoms with van der Waals surface area (Å²) in [6.07, 6.45) is 6.32. The van der Waals surface area contributed by atoms with Crippen LogP contribution in [0, 0.1) is 16.7 Å². The standard InChI is InChI=1S/C17H28O2/c1-12-7-8-15-16(3,4)9-6-10-17(15,5)14(12)11-19-13(2)18/h15H,6-11H2,1-5H3/t15?,17-/m1/s1. The lowest BCUT2D eigenvalue weighted by atomic mass is 9.50. The van der Waals surface area contributed by atoms with Crippen LogP contribution >= 0.6 is 0 Å². The Morgan fingerprint density at radius 1 is 1.32 bits per heavy atom. The molecule has 0 heterocycles. The predicted octanol–water partition coefficient (Wildman–Crippen LogP) is 4.49. The zero-order chi connectivity index (χ0) is 14.3. The van der Waals surface area contributed by atoms with Crippen LogP contribution in [-0.4, -0.2) is 12.6 Å². The lowest BCUT2D eigenvalue weighted by molar-refractivity contribution is -0.140. The number of carbonyl (C=O) groups excluding carboxylic acids is 1. The van der Waals surface area contributed by atoms with Crippen LogP contribution in [0.3, 0.4) is 0 Å². The number of rotatable bonds is 2. The molecule has 0 spiro atoms. The molecule has 19 heavy (non-hydrogen) atoms. The molecule has 0 aromatic heterocycles. The minimum absolute atomic E-state index is 0.166. The van der Waals surface area contributed by atoms with E-state index < -0.39 is 0 Å². The van der Waals surface area contributed by atoms with Gasteiger partial charge < -0.3 is 4.74 Å². The molecule has 2 aliphatic rings. The maximum atomic E-state index is 11.1. The third-order valence-electron chi connectivity index (χ3n) is 5.66. The van der Waals surface area contributed by atoms with E-state index in [-0.39, 0.29) is 11.4 Å². The second kappa shape index (κ2) is 4.96. The normalized spacial score (nSPS) is 33.8. The number of ether oxygens (including phenoxy) is 1. The van der Waals surface area contributed by atoms with Gasteiger partial charge in [-0.25, -0.2) is 0 Å². The van der Waals surface area contributed by atoms with Gasteiger partial charge in [-0.2, -0.15) is 0 Å². The molecule has 0 aromatic carbocycles. The van der Waals surface area contributed by atoms with Crippen molar-refractivity contribution in [2.24, 2.45) is 16.7 Å². The first-order valence-corrected chi connectivity index (χ1v) is 7.60. The Bertz CT molecular complexity index is 405. The van der Waals surface area contributed by atoms with Crippen molar-refractivity contribution in [3.63, 3.8) is 0 Å². The van der Waals surface area contributed by atoms with E-state index in [1.165, 1.54) is 50.2 Å². The van der Waals surface area contributed by atoms with Crippen LogP contribution in [0.1, 0.15) is 66.7 Å². The topological polar surface area (TPSA) is 26.3 Å². The van der Waals surface area contributed by atoms with Crippen molar-refractivity contribution in [2.75, 3.05) is 6.61 Å². The minimum Gasteiger partial charge on any atom is -0.461 e. The number of hydrogen-bond acceptors (Lipinski definition) is 2. The molecule has 1 saturated carbocycles. The molecule has 0 aliphatic heterocycles. The van der Waals surface area contributed by atoms with E-state index in [2.05, 4.69) is 27.7 Å². The first kappa shape index (κ1) is 14.6. The molecule has 1 unspecified atom stereocenters. The highest BCUT2D eigenvalue weighted by Gasteiger charge is 2.50. The third-order valence-corrected chi connectivity index (χ3v) is 5.66. The molecule has 1 fully saturated rings. The zero-order valence-corrected chi connectivity index (χ0v) is 13.1. The van der Waals surface area contributed by atoms with E-state index in [1.54, 1.807) is 0 Å². The molecule has 2 aliphatic carbocycles. The Labute approximate surface area is 117 Å². The second-order valence-corrected chi connectivity index (χ2v) is 7.39. The van der Waals surface area contributed by atoms with E-state index in [0.717, 1.165) is 5.92 Å². The lowest BCUT2D eigenvalue weighted by Gasteiger charge is -2.55. The SMILES string of the molecule is CC(=O)OCC1=C(C)CCC2C(C)(C)CCC[C@]12C. The van der Waals surface area contributed by atoms with Crippen molar-refractivity contribution in [2.45, 2.75) is 66.7 Å². The van der Waals surface area contributed by atoms with Crippen LogP contribution in [0.25, 0.3) is 0 Å². The maximum absolute atomic E-state index is 11.1. The fourth-order valence-corrected chi connectivity index (χ4v) is 4.65. The van der Waals surface area contributed by atoms with Crippen molar-refractivity contribution in [3.05, 3.63) is 11.1 Å². The number of hydrogen-bond donors (Lipinski definition) is 0. The fraction of sp³-hybridized carbons (Fsp3) is 0.824. The Morgan fingerprint density at radius 3 is 2.63 bits per heavy atom. The summed E-state index contributed by atoms with van der Waals surface area (Å²) in [5, 5.41) is 0. The largest absolute Gasteiger partial charge is 0.461 e. The first-order chi connectivity index (χ1) is 8.77. The second-order valence-electron chi connectivity index (χ2n) is 7.39. The van der Waals surface area contributed by atoms with Gasteiger partial charge in [0.25, 0.3) is 0 Å². The van der Waals surface area contributed by atoms with E-state index in [4.69, 9.17) is 4.74 Å². The summed E-state index contributed by atoms with van der Waals surface area (Å²) < 4.78 is 5.34. The van der Waals surface area contributed by atoms with Gasteiger partial charge >= 0.3 is 5.97 Å². The molecule has 2 atom stereocenters. The summed E-state index contributed by atoms with van der Waals surface area (Å²) in [5.74, 6) is 0.559. The molecular weight excluding hydrogens is 236 g/mol. The lowest BCUT2D eigenvalue weighted by Crippen LogP contribution is -2.46. The fourth-order valence-electron chi connectivity index (χ4n) is 4.65. The van der Waals surface area contributed by atoms with Crippen molar-refractivity contribution in [3.8, 4) is 0 Å². The quantitative estimate of drug-likeness (QED) is 0.542. The van der Waals surface area contributed by atoms with Crippen LogP contribution in [0.5, 0.6) is 0 Å². The third kappa shape index (κ3) is 2.59. The van der Waals surface area contributed by atoms with Crippen LogP contribution in [-0.2, 0) is 9.53 Å². The highest BCUT2D eigenvalue weighted by Crippen LogP contribution is 2.59. The first-order valence-electron chi connectivity index (χ1n) is 7.60. The molecule has 0 radical (unpaired) electrons. The summed E-state index contributed by atoms with van der Waals surface area (Å²) in [7, 11) is 0. The van der Waals surface area contributed by atoms with Gasteiger partial charge in [0.05, 0.1) is 0 Å². The smallest absolute Gasteiger partial charge is 0.302 e. The van der Waals surface area contributed by atoms with E-state index in [9.17, 15) is 4.79 Å². The summed E-state index contributed by atoms with van der Waals surface area (Å²) in [4.78, 5) is 11.1. The summed E-state index contributed by atoms with van der Waals surface area (Å²) in [6, 6.07) is 0. The van der Waals surface area contributed by atoms with Gasteiger partial charge in [-0.3, -0.25) is 4.79 Å². The zero-order valence-electron chi connectivity index (χ0n) is 13.1. The summed E-state index contributed by atoms with van der Waals surface area (Å²) in [5.41, 5.74) is 3.51. The van der Waals surface area contributed by atoms with E-state index in [0.29, 0.717) is 12.0 Å². The summed E-state index contributed by atoms with van der Waals surface area (Å²) in [6.45, 7) is 11.5. The van der Waals surface area contributed by atoms with Crippen molar-refractivity contribution >= 4 is 5.97 Å². The number of fused-ring (bicyclic) bond motifs is 1. The van der Waals surface area contributed by atoms with Gasteiger partial charge in [0.2, 0.25) is 0 Å². The number of carbonyl (C=O) groups is 1. The van der Waals surface area contributed by atoms with Gasteiger partial charge in [-0.15, -0.1) is 0 Å². The van der Waals surface area contributed by atoms with Crippen LogP contribution < -0.4 is 0 Å². The van der Waals surface area contributed by atoms with Crippen LogP contribution in [0.15, 0.2) is 11.1 Å². The Hall–Kier alpha value is -0.790. The average molecular weight is 264 g/mol. The molecule has 0 bridgehead atoms. The molecule has 0 amide bonds. The number of allylic oxidation sites excluding steroid dienone is 1. The van der Waals surface area contributed by atoms with Crippen molar-refractivity contribution in [1.82, 2.24) is 0 Å². The van der Waals surface area contributed by atoms with E-state index in [1.807, 2.05) is 0 Å². The monoisotopic (exact) mass is 264 g/mol. The van der Waals surface area contributed by atoms with Crippen molar-refractivity contribution in [1.29, 1.82) is 0 Å². The molecule has 108 valence electrons. The molecule has 2 rings (SSSR count). The summed E-state index contributed by atoms with van der Waals surface area (Å²) >= 11 is 0. The van der Waals surface area contributed by atoms with Crippen molar-refractivity contribution < 1.29 is 9.53 Å². The van der Waals surface area contributed by atoms with Gasteiger partial charge in [-0.1, -0.05) is 32.8 Å². The van der Waals surface area contributed by atoms with E-state index >= 15 is 0 Å². The van der Waals surface area contributed by atoms with Gasteiger partial charge in [0, 0.05) is 6.92 Å². The molecule has 0 N–H and O–H groups in total. The maximum Gasteiger partial charge on any atom is 0.302 e. The highest BCUT2D eigenvalue weighted by molar-refractivity contribution is 5.66. The Balaban J connectivity index is 2.31. The molecular formula is C17H28O2. The minimum atomic E-state index is -0.166. The molecule has 2 heteroatoms. The number of esters is 1. The molecule has 2 nitrogen and oxygen atoms in total.